The first-order chi connectivity index (χ1) is 10.6. The first kappa shape index (κ1) is 15.5. The van der Waals surface area contributed by atoms with Crippen molar-refractivity contribution in [3.05, 3.63) is 58.1 Å². The molecule has 0 aromatic heterocycles. The van der Waals surface area contributed by atoms with Crippen molar-refractivity contribution < 1.29 is 9.53 Å². The Balaban J connectivity index is 2.04. The van der Waals surface area contributed by atoms with Crippen molar-refractivity contribution in [2.45, 2.75) is 5.37 Å². The minimum Gasteiger partial charge on any atom is -0.496 e. The quantitative estimate of drug-likeness (QED) is 0.794. The summed E-state index contributed by atoms with van der Waals surface area (Å²) in [5.41, 5.74) is 1.70. The lowest BCUT2D eigenvalue weighted by atomic mass is 10.1. The molecule has 22 heavy (non-hydrogen) atoms. The molecule has 0 saturated carbocycles. The summed E-state index contributed by atoms with van der Waals surface area (Å²) in [6.07, 6.45) is 0. The Labute approximate surface area is 143 Å². The van der Waals surface area contributed by atoms with Crippen molar-refractivity contribution in [1.82, 2.24) is 0 Å². The summed E-state index contributed by atoms with van der Waals surface area (Å²) in [6.45, 7) is 0. The topological polar surface area (TPSA) is 29.5 Å². The molecule has 3 rings (SSSR count). The van der Waals surface area contributed by atoms with Gasteiger partial charge in [0.1, 0.15) is 11.1 Å². The maximum atomic E-state index is 12.3. The highest BCUT2D eigenvalue weighted by molar-refractivity contribution is 8.00. The molecule has 2 aromatic carbocycles. The summed E-state index contributed by atoms with van der Waals surface area (Å²) >= 11 is 13.6. The van der Waals surface area contributed by atoms with Gasteiger partial charge in [0, 0.05) is 11.3 Å². The maximum absolute atomic E-state index is 12.3. The van der Waals surface area contributed by atoms with Gasteiger partial charge < -0.3 is 4.74 Å². The highest BCUT2D eigenvalue weighted by Crippen LogP contribution is 2.45. The molecule has 1 fully saturated rings. The monoisotopic (exact) mass is 353 g/mol. The lowest BCUT2D eigenvalue weighted by Gasteiger charge is -2.25. The van der Waals surface area contributed by atoms with Gasteiger partial charge in [0.2, 0.25) is 5.91 Å². The maximum Gasteiger partial charge on any atom is 0.238 e. The van der Waals surface area contributed by atoms with Crippen LogP contribution in [0.15, 0.2) is 42.5 Å². The summed E-state index contributed by atoms with van der Waals surface area (Å²) in [5, 5.41) is 0.766. The summed E-state index contributed by atoms with van der Waals surface area (Å²) in [7, 11) is 1.63. The fraction of sp³-hybridized carbons (Fsp3) is 0.188. The second-order valence-electron chi connectivity index (χ2n) is 4.77. The molecule has 114 valence electrons. The minimum atomic E-state index is -0.138. The average molecular weight is 354 g/mol. The zero-order valence-corrected chi connectivity index (χ0v) is 14.1. The summed E-state index contributed by atoms with van der Waals surface area (Å²) < 4.78 is 5.42. The lowest BCUT2D eigenvalue weighted by Crippen LogP contribution is -2.28. The third kappa shape index (κ3) is 2.78. The molecule has 0 aliphatic carbocycles. The molecule has 2 aromatic rings. The summed E-state index contributed by atoms with van der Waals surface area (Å²) in [4.78, 5) is 14.1. The molecule has 0 radical (unpaired) electrons. The van der Waals surface area contributed by atoms with Gasteiger partial charge in [-0.1, -0.05) is 41.4 Å². The fourth-order valence-corrected chi connectivity index (χ4v) is 3.93. The minimum absolute atomic E-state index is 0.0410. The number of para-hydroxylation sites is 1. The van der Waals surface area contributed by atoms with Gasteiger partial charge in [-0.2, -0.15) is 0 Å². The van der Waals surface area contributed by atoms with Crippen molar-refractivity contribution in [2.24, 2.45) is 0 Å². The van der Waals surface area contributed by atoms with E-state index in [0.29, 0.717) is 15.8 Å². The van der Waals surface area contributed by atoms with Crippen molar-refractivity contribution in [2.75, 3.05) is 17.8 Å². The van der Waals surface area contributed by atoms with Crippen LogP contribution in [0.2, 0.25) is 10.0 Å². The van der Waals surface area contributed by atoms with Crippen molar-refractivity contribution in [3.63, 3.8) is 0 Å². The number of rotatable bonds is 3. The van der Waals surface area contributed by atoms with Gasteiger partial charge in [0.25, 0.3) is 0 Å². The van der Waals surface area contributed by atoms with E-state index in [1.807, 2.05) is 24.3 Å². The zero-order valence-electron chi connectivity index (χ0n) is 11.8. The van der Waals surface area contributed by atoms with E-state index in [1.165, 1.54) is 0 Å². The molecular formula is C16H13Cl2NO2S. The number of thioether (sulfide) groups is 1. The SMILES string of the molecule is COc1ccccc1[C@@H]1SCC(=O)N1c1ccc(Cl)c(Cl)c1. The van der Waals surface area contributed by atoms with Crippen LogP contribution in [0.25, 0.3) is 0 Å². The third-order valence-corrected chi connectivity index (χ3v) is 5.39. The van der Waals surface area contributed by atoms with Crippen LogP contribution in [0, 0.1) is 0 Å². The predicted octanol–water partition coefficient (Wildman–Crippen LogP) is 4.78. The number of anilines is 1. The fourth-order valence-electron chi connectivity index (χ4n) is 2.44. The van der Waals surface area contributed by atoms with E-state index in [2.05, 4.69) is 0 Å². The smallest absolute Gasteiger partial charge is 0.238 e. The average Bonchev–Trinajstić information content (AvgIpc) is 2.91. The van der Waals surface area contributed by atoms with Gasteiger partial charge >= 0.3 is 0 Å². The number of nitrogens with zero attached hydrogens (tertiary/aromatic N) is 1. The Bertz CT molecular complexity index is 723. The molecule has 1 amide bonds. The molecule has 3 nitrogen and oxygen atoms in total. The van der Waals surface area contributed by atoms with E-state index in [0.717, 1.165) is 17.0 Å². The normalized spacial score (nSPS) is 17.9. The largest absolute Gasteiger partial charge is 0.496 e. The Hall–Kier alpha value is -1.36. The number of hydrogen-bond donors (Lipinski definition) is 0. The van der Waals surface area contributed by atoms with E-state index in [4.69, 9.17) is 27.9 Å². The molecule has 1 atom stereocenters. The number of halogens is 2. The van der Waals surface area contributed by atoms with Gasteiger partial charge in [-0.05, 0) is 24.3 Å². The Kier molecular flexibility index (Phi) is 4.52. The van der Waals surface area contributed by atoms with Crippen LogP contribution in [-0.2, 0) is 4.79 Å². The van der Waals surface area contributed by atoms with E-state index in [1.54, 1.807) is 42.0 Å². The van der Waals surface area contributed by atoms with Crippen molar-refractivity contribution in [1.29, 1.82) is 0 Å². The second kappa shape index (κ2) is 6.41. The van der Waals surface area contributed by atoms with Crippen LogP contribution in [0.1, 0.15) is 10.9 Å². The summed E-state index contributed by atoms with van der Waals surface area (Å²) in [6, 6.07) is 12.9. The Morgan fingerprint density at radius 2 is 1.95 bits per heavy atom. The molecule has 1 heterocycles. The highest BCUT2D eigenvalue weighted by atomic mass is 35.5. The molecule has 0 spiro atoms. The highest BCUT2D eigenvalue weighted by Gasteiger charge is 2.35. The zero-order chi connectivity index (χ0) is 15.7. The molecule has 0 unspecified atom stereocenters. The van der Waals surface area contributed by atoms with Gasteiger partial charge in [-0.25, -0.2) is 0 Å². The summed E-state index contributed by atoms with van der Waals surface area (Å²) in [5.74, 6) is 1.22. The molecule has 0 N–H and O–H groups in total. The molecule has 1 saturated heterocycles. The molecule has 1 aliphatic rings. The van der Waals surface area contributed by atoms with Crippen molar-refractivity contribution in [3.8, 4) is 5.75 Å². The van der Waals surface area contributed by atoms with Gasteiger partial charge in [-0.3, -0.25) is 9.69 Å². The first-order valence-corrected chi connectivity index (χ1v) is 8.44. The first-order valence-electron chi connectivity index (χ1n) is 6.63. The van der Waals surface area contributed by atoms with Gasteiger partial charge in [0.15, 0.2) is 0 Å². The number of ether oxygens (including phenoxy) is 1. The molecule has 0 bridgehead atoms. The Morgan fingerprint density at radius 1 is 1.18 bits per heavy atom. The van der Waals surface area contributed by atoms with E-state index < -0.39 is 0 Å². The lowest BCUT2D eigenvalue weighted by molar-refractivity contribution is -0.115. The number of methoxy groups -OCH3 is 1. The van der Waals surface area contributed by atoms with Crippen LogP contribution in [0.3, 0.4) is 0 Å². The third-order valence-electron chi connectivity index (χ3n) is 3.45. The predicted molar refractivity (Wildman–Crippen MR) is 92.1 cm³/mol. The van der Waals surface area contributed by atoms with Crippen LogP contribution in [-0.4, -0.2) is 18.8 Å². The van der Waals surface area contributed by atoms with Crippen LogP contribution in [0.4, 0.5) is 5.69 Å². The van der Waals surface area contributed by atoms with Crippen LogP contribution >= 0.6 is 35.0 Å². The van der Waals surface area contributed by atoms with E-state index in [9.17, 15) is 4.79 Å². The second-order valence-corrected chi connectivity index (χ2v) is 6.65. The van der Waals surface area contributed by atoms with Gasteiger partial charge in [0.05, 0.1) is 22.9 Å². The number of carbonyl (C=O) groups excluding carboxylic acids is 1. The standard InChI is InChI=1S/C16H13Cl2NO2S/c1-21-14-5-3-2-4-11(14)16-19(15(20)9-22-16)10-6-7-12(17)13(18)8-10/h2-8,16H,9H2,1H3/t16-/m0/s1. The van der Waals surface area contributed by atoms with E-state index in [-0.39, 0.29) is 11.3 Å². The molecule has 6 heteroatoms. The Morgan fingerprint density at radius 3 is 2.68 bits per heavy atom. The number of carbonyl (C=O) groups is 1. The molecule has 1 aliphatic heterocycles. The van der Waals surface area contributed by atoms with Gasteiger partial charge in [-0.15, -0.1) is 11.8 Å². The van der Waals surface area contributed by atoms with Crippen molar-refractivity contribution >= 4 is 46.6 Å². The number of benzene rings is 2. The van der Waals surface area contributed by atoms with Crippen LogP contribution < -0.4 is 9.64 Å². The number of hydrogen-bond acceptors (Lipinski definition) is 3. The van der Waals surface area contributed by atoms with Crippen LogP contribution in [0.5, 0.6) is 5.75 Å². The number of amides is 1. The van der Waals surface area contributed by atoms with E-state index >= 15 is 0 Å². The molecular weight excluding hydrogens is 341 g/mol.